The van der Waals surface area contributed by atoms with E-state index in [2.05, 4.69) is 10.2 Å². The number of ether oxygens (including phenoxy) is 1. The molecule has 0 radical (unpaired) electrons. The molecular formula is C16H21N3O3S. The maximum atomic E-state index is 12.9. The lowest BCUT2D eigenvalue weighted by Crippen LogP contribution is -2.45. The highest BCUT2D eigenvalue weighted by Gasteiger charge is 2.35. The van der Waals surface area contributed by atoms with E-state index < -0.39 is 0 Å². The van der Waals surface area contributed by atoms with Crippen LogP contribution in [0.2, 0.25) is 0 Å². The minimum Gasteiger partial charge on any atom is -0.423 e. The molecular weight excluding hydrogens is 314 g/mol. The molecule has 0 unspecified atom stereocenters. The van der Waals surface area contributed by atoms with Crippen LogP contribution in [0.15, 0.2) is 21.2 Å². The molecule has 2 aromatic rings. The van der Waals surface area contributed by atoms with Gasteiger partial charge in [0.2, 0.25) is 17.7 Å². The molecule has 1 amide bonds. The van der Waals surface area contributed by atoms with Gasteiger partial charge in [0.15, 0.2) is 0 Å². The number of hydrogen-bond acceptors (Lipinski definition) is 6. The Morgan fingerprint density at radius 2 is 2.22 bits per heavy atom. The van der Waals surface area contributed by atoms with Crippen molar-refractivity contribution in [1.82, 2.24) is 15.1 Å². The van der Waals surface area contributed by atoms with Gasteiger partial charge in [-0.25, -0.2) is 0 Å². The van der Waals surface area contributed by atoms with Gasteiger partial charge in [-0.3, -0.25) is 4.79 Å². The van der Waals surface area contributed by atoms with Gasteiger partial charge >= 0.3 is 0 Å². The molecule has 0 N–H and O–H groups in total. The quantitative estimate of drug-likeness (QED) is 0.859. The van der Waals surface area contributed by atoms with E-state index in [9.17, 15) is 4.79 Å². The smallest absolute Gasteiger partial charge is 0.241 e. The van der Waals surface area contributed by atoms with Crippen LogP contribution < -0.4 is 0 Å². The predicted octanol–water partition coefficient (Wildman–Crippen LogP) is 2.96. The van der Waals surface area contributed by atoms with Crippen molar-refractivity contribution in [2.24, 2.45) is 0 Å². The van der Waals surface area contributed by atoms with Crippen molar-refractivity contribution < 1.29 is 13.9 Å². The maximum Gasteiger partial charge on any atom is 0.241 e. The summed E-state index contributed by atoms with van der Waals surface area (Å²) in [7, 11) is 0. The number of morpholine rings is 1. The third kappa shape index (κ3) is 3.30. The summed E-state index contributed by atoms with van der Waals surface area (Å²) >= 11 is 1.60. The number of hydrogen-bond donors (Lipinski definition) is 0. The average Bonchev–Trinajstić information content (AvgIpc) is 3.24. The molecule has 0 aliphatic carbocycles. The molecule has 1 aliphatic rings. The minimum atomic E-state index is -0.308. The monoisotopic (exact) mass is 335 g/mol. The molecule has 0 bridgehead atoms. The van der Waals surface area contributed by atoms with Crippen LogP contribution in [0.5, 0.6) is 0 Å². The number of rotatable bonds is 4. The Labute approximate surface area is 139 Å². The van der Waals surface area contributed by atoms with Crippen LogP contribution in [0.3, 0.4) is 0 Å². The Balaban J connectivity index is 1.81. The van der Waals surface area contributed by atoms with Gasteiger partial charge in [-0.05, 0) is 29.3 Å². The van der Waals surface area contributed by atoms with Gasteiger partial charge in [0.05, 0.1) is 19.1 Å². The fourth-order valence-electron chi connectivity index (χ4n) is 2.60. The van der Waals surface area contributed by atoms with Crippen molar-refractivity contribution >= 4 is 17.2 Å². The third-order valence-corrected chi connectivity index (χ3v) is 4.76. The third-order valence-electron chi connectivity index (χ3n) is 4.06. The topological polar surface area (TPSA) is 68.5 Å². The van der Waals surface area contributed by atoms with E-state index in [1.807, 2.05) is 42.5 Å². The molecule has 1 saturated heterocycles. The second kappa shape index (κ2) is 6.80. The summed E-state index contributed by atoms with van der Waals surface area (Å²) in [6.07, 6.45) is 0. The van der Waals surface area contributed by atoms with E-state index in [-0.39, 0.29) is 23.8 Å². The first kappa shape index (κ1) is 16.1. The first-order valence-electron chi connectivity index (χ1n) is 7.81. The first-order valence-corrected chi connectivity index (χ1v) is 8.75. The SMILES string of the molecule is CC(C)c1nnc([C@@H]2COCCN2C(=O)[C@H](C)c2ccsc2)o1. The van der Waals surface area contributed by atoms with Gasteiger partial charge in [0.25, 0.3) is 0 Å². The summed E-state index contributed by atoms with van der Waals surface area (Å²) in [6.45, 7) is 7.39. The van der Waals surface area contributed by atoms with E-state index >= 15 is 0 Å². The Morgan fingerprint density at radius 3 is 2.87 bits per heavy atom. The van der Waals surface area contributed by atoms with Gasteiger partial charge in [-0.15, -0.1) is 10.2 Å². The molecule has 2 aromatic heterocycles. The Bertz CT molecular complexity index is 653. The van der Waals surface area contributed by atoms with E-state index in [1.54, 1.807) is 11.3 Å². The highest BCUT2D eigenvalue weighted by atomic mass is 32.1. The highest BCUT2D eigenvalue weighted by molar-refractivity contribution is 7.08. The molecule has 0 saturated carbocycles. The van der Waals surface area contributed by atoms with Crippen LogP contribution in [0.25, 0.3) is 0 Å². The fraction of sp³-hybridized carbons (Fsp3) is 0.562. The Morgan fingerprint density at radius 1 is 1.39 bits per heavy atom. The van der Waals surface area contributed by atoms with Gasteiger partial charge in [-0.1, -0.05) is 13.8 Å². The summed E-state index contributed by atoms with van der Waals surface area (Å²) in [4.78, 5) is 14.7. The lowest BCUT2D eigenvalue weighted by molar-refractivity contribution is -0.142. The van der Waals surface area contributed by atoms with Gasteiger partial charge < -0.3 is 14.1 Å². The number of amides is 1. The Kier molecular flexibility index (Phi) is 4.77. The van der Waals surface area contributed by atoms with Crippen LogP contribution in [0, 0.1) is 0 Å². The molecule has 124 valence electrons. The minimum absolute atomic E-state index is 0.0704. The van der Waals surface area contributed by atoms with Crippen LogP contribution in [-0.4, -0.2) is 40.8 Å². The van der Waals surface area contributed by atoms with Crippen molar-refractivity contribution in [1.29, 1.82) is 0 Å². The van der Waals surface area contributed by atoms with Gasteiger partial charge in [-0.2, -0.15) is 11.3 Å². The van der Waals surface area contributed by atoms with E-state index in [0.29, 0.717) is 31.5 Å². The molecule has 23 heavy (non-hydrogen) atoms. The largest absolute Gasteiger partial charge is 0.423 e. The van der Waals surface area contributed by atoms with Crippen molar-refractivity contribution in [2.75, 3.05) is 19.8 Å². The van der Waals surface area contributed by atoms with Crippen molar-refractivity contribution in [3.05, 3.63) is 34.2 Å². The predicted molar refractivity (Wildman–Crippen MR) is 86.4 cm³/mol. The summed E-state index contributed by atoms with van der Waals surface area (Å²) in [6, 6.07) is 1.68. The number of thiophene rings is 1. The number of nitrogens with zero attached hydrogens (tertiary/aromatic N) is 3. The van der Waals surface area contributed by atoms with E-state index in [0.717, 1.165) is 5.56 Å². The van der Waals surface area contributed by atoms with E-state index in [1.165, 1.54) is 0 Å². The van der Waals surface area contributed by atoms with Crippen LogP contribution in [0.1, 0.15) is 56.0 Å². The Hall–Kier alpha value is -1.73. The summed E-state index contributed by atoms with van der Waals surface area (Å²) < 4.78 is 11.3. The zero-order chi connectivity index (χ0) is 16.4. The summed E-state index contributed by atoms with van der Waals surface area (Å²) in [5.74, 6) is 1.09. The number of carbonyl (C=O) groups is 1. The number of carbonyl (C=O) groups excluding carboxylic acids is 1. The molecule has 6 nitrogen and oxygen atoms in total. The first-order chi connectivity index (χ1) is 11.1. The van der Waals surface area contributed by atoms with E-state index in [4.69, 9.17) is 9.15 Å². The molecule has 2 atom stereocenters. The average molecular weight is 335 g/mol. The van der Waals surface area contributed by atoms with Gasteiger partial charge in [0, 0.05) is 12.5 Å². The highest BCUT2D eigenvalue weighted by Crippen LogP contribution is 2.29. The molecule has 3 rings (SSSR count). The zero-order valence-electron chi connectivity index (χ0n) is 13.6. The molecule has 1 aliphatic heterocycles. The summed E-state index contributed by atoms with van der Waals surface area (Å²) in [5, 5.41) is 12.2. The molecule has 7 heteroatoms. The summed E-state index contributed by atoms with van der Waals surface area (Å²) in [5.41, 5.74) is 1.04. The fourth-order valence-corrected chi connectivity index (χ4v) is 3.35. The second-order valence-corrected chi connectivity index (χ2v) is 6.81. The van der Waals surface area contributed by atoms with Crippen LogP contribution in [0.4, 0.5) is 0 Å². The van der Waals surface area contributed by atoms with Crippen molar-refractivity contribution in [3.8, 4) is 0 Å². The van der Waals surface area contributed by atoms with Gasteiger partial charge in [0.1, 0.15) is 6.04 Å². The molecule has 3 heterocycles. The van der Waals surface area contributed by atoms with Crippen LogP contribution >= 0.6 is 11.3 Å². The number of aromatic nitrogens is 2. The standard InChI is InChI=1S/C16H21N3O3S/c1-10(2)14-17-18-15(22-14)13-8-21-6-5-19(13)16(20)11(3)12-4-7-23-9-12/h4,7,9-11,13H,5-6,8H2,1-3H3/t11-,13+/m1/s1. The second-order valence-electron chi connectivity index (χ2n) is 6.03. The maximum absolute atomic E-state index is 12.9. The molecule has 0 spiro atoms. The van der Waals surface area contributed by atoms with Crippen LogP contribution in [-0.2, 0) is 9.53 Å². The normalized spacial score (nSPS) is 20.0. The van der Waals surface area contributed by atoms with Crippen molar-refractivity contribution in [2.45, 2.75) is 38.6 Å². The lowest BCUT2D eigenvalue weighted by Gasteiger charge is -2.35. The molecule has 0 aromatic carbocycles. The zero-order valence-corrected chi connectivity index (χ0v) is 14.4. The lowest BCUT2D eigenvalue weighted by atomic mass is 10.0. The van der Waals surface area contributed by atoms with Crippen molar-refractivity contribution in [3.63, 3.8) is 0 Å². The molecule has 1 fully saturated rings.